The minimum absolute atomic E-state index is 0.429. The summed E-state index contributed by atoms with van der Waals surface area (Å²) in [6.07, 6.45) is 3.47. The molecule has 3 heterocycles. The Bertz CT molecular complexity index is 1700. The second-order valence-electron chi connectivity index (χ2n) is 8.86. The Labute approximate surface area is 223 Å². The number of hydrogen-bond acceptors (Lipinski definition) is 7. The summed E-state index contributed by atoms with van der Waals surface area (Å²) in [6, 6.07) is 35.1. The number of aromatic nitrogens is 4. The molecule has 0 atom stereocenters. The Morgan fingerprint density at radius 2 is 0.692 bits per heavy atom. The summed E-state index contributed by atoms with van der Waals surface area (Å²) in [7, 11) is 0. The lowest BCUT2D eigenvalue weighted by molar-refractivity contribution is 0.583. The van der Waals surface area contributed by atoms with Crippen LogP contribution < -0.4 is 0 Å². The van der Waals surface area contributed by atoms with Crippen molar-refractivity contribution in [3.63, 3.8) is 0 Å². The molecule has 0 saturated heterocycles. The number of oxazole rings is 2. The van der Waals surface area contributed by atoms with Crippen molar-refractivity contribution in [1.82, 2.24) is 20.2 Å². The monoisotopic (exact) mass is 508 g/mol. The van der Waals surface area contributed by atoms with Gasteiger partial charge >= 0.3 is 0 Å². The van der Waals surface area contributed by atoms with Crippen LogP contribution in [0.25, 0.3) is 68.5 Å². The molecule has 7 aromatic rings. The molecule has 0 aliphatic rings. The predicted octanol–water partition coefficient (Wildman–Crippen LogP) is 8.05. The normalized spacial score (nSPS) is 11.1. The average Bonchev–Trinajstić information content (AvgIpc) is 3.80. The Kier molecular flexibility index (Phi) is 5.64. The van der Waals surface area contributed by atoms with E-state index in [9.17, 15) is 0 Å². The molecule has 7 nitrogen and oxygen atoms in total. The molecule has 0 aliphatic carbocycles. The molecule has 0 unspecified atom stereocenters. The van der Waals surface area contributed by atoms with Crippen LogP contribution in [0.1, 0.15) is 0 Å². The highest BCUT2D eigenvalue weighted by molar-refractivity contribution is 5.67. The first-order chi connectivity index (χ1) is 19.3. The van der Waals surface area contributed by atoms with Crippen LogP contribution in [-0.2, 0) is 0 Å². The van der Waals surface area contributed by atoms with Gasteiger partial charge in [-0.25, -0.2) is 9.97 Å². The lowest BCUT2D eigenvalue weighted by Gasteiger charge is -2.00. The van der Waals surface area contributed by atoms with Crippen LogP contribution in [0.15, 0.2) is 135 Å². The average molecular weight is 509 g/mol. The summed E-state index contributed by atoms with van der Waals surface area (Å²) >= 11 is 0. The van der Waals surface area contributed by atoms with Crippen molar-refractivity contribution < 1.29 is 13.3 Å². The molecule has 3 aromatic heterocycles. The van der Waals surface area contributed by atoms with E-state index < -0.39 is 0 Å². The number of hydrogen-bond donors (Lipinski definition) is 0. The fourth-order valence-electron chi connectivity index (χ4n) is 4.25. The predicted molar refractivity (Wildman–Crippen MR) is 147 cm³/mol. The topological polar surface area (TPSA) is 91.0 Å². The van der Waals surface area contributed by atoms with Crippen LogP contribution in [-0.4, -0.2) is 20.2 Å². The van der Waals surface area contributed by atoms with Crippen molar-refractivity contribution >= 4 is 0 Å². The standard InChI is InChI=1S/C32H20N4O3/c1-3-7-21(8-4-1)27-19-33-29(37-27)23-11-15-25(16-12-23)31-35-36-32(39-31)26-17-13-24(14-18-26)30-34-20-28(38-30)22-9-5-2-6-10-22/h1-20H. The summed E-state index contributed by atoms with van der Waals surface area (Å²) < 4.78 is 17.9. The first-order valence-electron chi connectivity index (χ1n) is 12.4. The molecule has 0 spiro atoms. The Morgan fingerprint density at radius 3 is 1.08 bits per heavy atom. The van der Waals surface area contributed by atoms with Crippen molar-refractivity contribution in [1.29, 1.82) is 0 Å². The molecule has 0 saturated carbocycles. The molecule has 186 valence electrons. The quantitative estimate of drug-likeness (QED) is 0.224. The van der Waals surface area contributed by atoms with Gasteiger partial charge in [0.2, 0.25) is 23.6 Å². The maximum Gasteiger partial charge on any atom is 0.248 e. The fourth-order valence-corrected chi connectivity index (χ4v) is 4.25. The number of nitrogens with zero attached hydrogens (tertiary/aromatic N) is 4. The van der Waals surface area contributed by atoms with Gasteiger partial charge in [-0.1, -0.05) is 60.7 Å². The minimum Gasteiger partial charge on any atom is -0.436 e. The number of rotatable bonds is 6. The third-order valence-corrected chi connectivity index (χ3v) is 6.31. The third-order valence-electron chi connectivity index (χ3n) is 6.31. The molecule has 0 amide bonds. The van der Waals surface area contributed by atoms with Crippen LogP contribution >= 0.6 is 0 Å². The molecular weight excluding hydrogens is 488 g/mol. The second kappa shape index (κ2) is 9.72. The highest BCUT2D eigenvalue weighted by atomic mass is 16.4. The van der Waals surface area contributed by atoms with Crippen LogP contribution in [0.5, 0.6) is 0 Å². The highest BCUT2D eigenvalue weighted by Crippen LogP contribution is 2.31. The van der Waals surface area contributed by atoms with Gasteiger partial charge in [-0.3, -0.25) is 0 Å². The molecule has 0 bridgehead atoms. The highest BCUT2D eigenvalue weighted by Gasteiger charge is 2.14. The minimum atomic E-state index is 0.429. The van der Waals surface area contributed by atoms with E-state index in [1.165, 1.54) is 0 Å². The molecule has 4 aromatic carbocycles. The van der Waals surface area contributed by atoms with E-state index in [1.54, 1.807) is 12.4 Å². The Hall–Kier alpha value is -5.56. The number of benzene rings is 4. The second-order valence-corrected chi connectivity index (χ2v) is 8.86. The fraction of sp³-hybridized carbons (Fsp3) is 0. The summed E-state index contributed by atoms with van der Waals surface area (Å²) in [5.41, 5.74) is 5.29. The Balaban J connectivity index is 1.07. The summed E-state index contributed by atoms with van der Waals surface area (Å²) in [5.74, 6) is 3.40. The molecule has 7 rings (SSSR count). The van der Waals surface area contributed by atoms with Crippen molar-refractivity contribution in [3.8, 4) is 68.5 Å². The van der Waals surface area contributed by atoms with Crippen molar-refractivity contribution in [2.24, 2.45) is 0 Å². The van der Waals surface area contributed by atoms with Crippen molar-refractivity contribution in [2.75, 3.05) is 0 Å². The lowest BCUT2D eigenvalue weighted by atomic mass is 10.1. The maximum atomic E-state index is 5.97. The smallest absolute Gasteiger partial charge is 0.248 e. The lowest BCUT2D eigenvalue weighted by Crippen LogP contribution is -1.80. The van der Waals surface area contributed by atoms with Crippen LogP contribution in [0.3, 0.4) is 0 Å². The Morgan fingerprint density at radius 1 is 0.333 bits per heavy atom. The van der Waals surface area contributed by atoms with Gasteiger partial charge in [0.05, 0.1) is 12.4 Å². The third kappa shape index (κ3) is 4.53. The SMILES string of the molecule is c1ccc(-c2cnc(-c3ccc(-c4nnc(-c5ccc(-c6ncc(-c7ccccc7)o6)cc5)o4)cc3)o2)cc1. The van der Waals surface area contributed by atoms with Crippen molar-refractivity contribution in [3.05, 3.63) is 122 Å². The van der Waals surface area contributed by atoms with Crippen LogP contribution in [0.4, 0.5) is 0 Å². The van der Waals surface area contributed by atoms with Crippen LogP contribution in [0, 0.1) is 0 Å². The van der Waals surface area contributed by atoms with Gasteiger partial charge in [0.15, 0.2) is 11.5 Å². The maximum absolute atomic E-state index is 5.97. The van der Waals surface area contributed by atoms with Crippen molar-refractivity contribution in [2.45, 2.75) is 0 Å². The van der Waals surface area contributed by atoms with E-state index >= 15 is 0 Å². The largest absolute Gasteiger partial charge is 0.436 e. The molecule has 0 radical (unpaired) electrons. The first-order valence-corrected chi connectivity index (χ1v) is 12.4. The molecule has 39 heavy (non-hydrogen) atoms. The first kappa shape index (κ1) is 22.6. The molecule has 0 aliphatic heterocycles. The molecular formula is C32H20N4O3. The van der Waals surface area contributed by atoms with Gasteiger partial charge in [0.25, 0.3) is 0 Å². The molecule has 0 fully saturated rings. The van der Waals surface area contributed by atoms with E-state index in [4.69, 9.17) is 13.3 Å². The summed E-state index contributed by atoms with van der Waals surface area (Å²) in [4.78, 5) is 8.85. The van der Waals surface area contributed by atoms with Gasteiger partial charge in [0.1, 0.15) is 0 Å². The molecule has 7 heteroatoms. The van der Waals surface area contributed by atoms with E-state index in [0.717, 1.165) is 44.9 Å². The van der Waals surface area contributed by atoms with Gasteiger partial charge in [-0.05, 0) is 48.5 Å². The molecule has 0 N–H and O–H groups in total. The van der Waals surface area contributed by atoms with E-state index in [1.807, 2.05) is 109 Å². The van der Waals surface area contributed by atoms with Gasteiger partial charge in [-0.2, -0.15) is 0 Å². The van der Waals surface area contributed by atoms with E-state index in [-0.39, 0.29) is 0 Å². The zero-order chi connectivity index (χ0) is 26.0. The van der Waals surface area contributed by atoms with Crippen LogP contribution in [0.2, 0.25) is 0 Å². The van der Waals surface area contributed by atoms with Gasteiger partial charge in [0, 0.05) is 33.4 Å². The van der Waals surface area contributed by atoms with E-state index in [0.29, 0.717) is 23.6 Å². The van der Waals surface area contributed by atoms with Gasteiger partial charge in [-0.15, -0.1) is 10.2 Å². The summed E-state index contributed by atoms with van der Waals surface area (Å²) in [6.45, 7) is 0. The van der Waals surface area contributed by atoms with Gasteiger partial charge < -0.3 is 13.3 Å². The summed E-state index contributed by atoms with van der Waals surface area (Å²) in [5, 5.41) is 8.48. The zero-order valence-electron chi connectivity index (χ0n) is 20.6. The van der Waals surface area contributed by atoms with E-state index in [2.05, 4.69) is 20.2 Å². The zero-order valence-corrected chi connectivity index (χ0v) is 20.6.